The molecule has 0 unspecified atom stereocenters. The molecular weight excluding hydrogens is 496 g/mol. The normalized spacial score (nSPS) is 13.8. The van der Waals surface area contributed by atoms with E-state index in [-0.39, 0.29) is 12.5 Å². The van der Waals surface area contributed by atoms with Crippen LogP contribution in [0.5, 0.6) is 0 Å². The number of rotatable bonds is 7. The fourth-order valence-electron chi connectivity index (χ4n) is 4.02. The lowest BCUT2D eigenvalue weighted by atomic mass is 10.0. The van der Waals surface area contributed by atoms with Crippen LogP contribution in [0.15, 0.2) is 42.9 Å². The molecule has 1 saturated heterocycles. The molecule has 188 valence electrons. The maximum Gasteiger partial charge on any atom is 0.313 e. The number of halogens is 1. The minimum absolute atomic E-state index is 0.000814. The van der Waals surface area contributed by atoms with Crippen LogP contribution >= 0.6 is 11.6 Å². The number of carbonyl (C=O) groups is 1. The highest BCUT2D eigenvalue weighted by Gasteiger charge is 2.21. The van der Waals surface area contributed by atoms with Gasteiger partial charge >= 0.3 is 5.97 Å². The molecule has 0 radical (unpaired) electrons. The SMILES string of the molecule is COC(=O)Cc1nc2cc(Nc3ncc(Cl)c(NC4CCN(c5ccc(C#N)cn5)CC4)n3)ccn2n1. The maximum absolute atomic E-state index is 11.5. The topological polar surface area (TPSA) is 146 Å². The summed E-state index contributed by atoms with van der Waals surface area (Å²) in [4.78, 5) is 31.3. The third-order valence-electron chi connectivity index (χ3n) is 5.95. The number of hydrogen-bond donors (Lipinski definition) is 2. The smallest absolute Gasteiger partial charge is 0.313 e. The van der Waals surface area contributed by atoms with Gasteiger partial charge in [0.1, 0.15) is 23.3 Å². The van der Waals surface area contributed by atoms with Crippen molar-refractivity contribution in [1.82, 2.24) is 29.5 Å². The minimum atomic E-state index is -0.402. The number of methoxy groups -OCH3 is 1. The van der Waals surface area contributed by atoms with Crippen molar-refractivity contribution in [3.8, 4) is 6.07 Å². The molecule has 0 aliphatic carbocycles. The van der Waals surface area contributed by atoms with Gasteiger partial charge in [-0.2, -0.15) is 15.3 Å². The Hall–Kier alpha value is -4.50. The first-order valence-corrected chi connectivity index (χ1v) is 12.0. The van der Waals surface area contributed by atoms with E-state index in [1.807, 2.05) is 12.1 Å². The molecule has 5 heterocycles. The van der Waals surface area contributed by atoms with Crippen molar-refractivity contribution < 1.29 is 9.53 Å². The van der Waals surface area contributed by atoms with E-state index in [2.05, 4.69) is 51.4 Å². The van der Waals surface area contributed by atoms with E-state index in [0.29, 0.717) is 39.5 Å². The van der Waals surface area contributed by atoms with Crippen LogP contribution in [0.4, 0.5) is 23.3 Å². The van der Waals surface area contributed by atoms with Crippen LogP contribution in [0.3, 0.4) is 0 Å². The Bertz CT molecular complexity index is 1460. The minimum Gasteiger partial charge on any atom is -0.469 e. The highest BCUT2D eigenvalue weighted by atomic mass is 35.5. The lowest BCUT2D eigenvalue weighted by molar-refractivity contribution is -0.139. The predicted molar refractivity (Wildman–Crippen MR) is 137 cm³/mol. The molecule has 2 N–H and O–H groups in total. The Morgan fingerprint density at radius 3 is 2.78 bits per heavy atom. The molecule has 1 fully saturated rings. The zero-order valence-electron chi connectivity index (χ0n) is 19.9. The Kier molecular flexibility index (Phi) is 6.96. The molecule has 12 nitrogen and oxygen atoms in total. The number of ether oxygens (including phenoxy) is 1. The second-order valence-electron chi connectivity index (χ2n) is 8.44. The van der Waals surface area contributed by atoms with Gasteiger partial charge in [-0.25, -0.2) is 19.5 Å². The Morgan fingerprint density at radius 2 is 2.05 bits per heavy atom. The number of aromatic nitrogens is 6. The highest BCUT2D eigenvalue weighted by molar-refractivity contribution is 6.32. The van der Waals surface area contributed by atoms with Gasteiger partial charge in [-0.15, -0.1) is 0 Å². The lowest BCUT2D eigenvalue weighted by Gasteiger charge is -2.33. The molecule has 0 amide bonds. The molecule has 1 aliphatic rings. The van der Waals surface area contributed by atoms with E-state index in [1.54, 1.807) is 35.2 Å². The monoisotopic (exact) mass is 518 g/mol. The van der Waals surface area contributed by atoms with Crippen LogP contribution in [-0.4, -0.2) is 61.8 Å². The molecule has 13 heteroatoms. The first kappa shape index (κ1) is 24.2. The summed E-state index contributed by atoms with van der Waals surface area (Å²) in [6.07, 6.45) is 6.64. The summed E-state index contributed by atoms with van der Waals surface area (Å²) in [6, 6.07) is 9.53. The van der Waals surface area contributed by atoms with Gasteiger partial charge in [0.05, 0.1) is 18.9 Å². The van der Waals surface area contributed by atoms with Gasteiger partial charge in [-0.3, -0.25) is 4.79 Å². The molecule has 37 heavy (non-hydrogen) atoms. The zero-order valence-corrected chi connectivity index (χ0v) is 20.7. The summed E-state index contributed by atoms with van der Waals surface area (Å²) >= 11 is 6.38. The predicted octanol–water partition coefficient (Wildman–Crippen LogP) is 2.98. The molecule has 5 rings (SSSR count). The largest absolute Gasteiger partial charge is 0.469 e. The fraction of sp³-hybridized carbons (Fsp3) is 0.292. The lowest BCUT2D eigenvalue weighted by Crippen LogP contribution is -2.39. The first-order valence-electron chi connectivity index (χ1n) is 11.6. The Labute approximate surface area is 217 Å². The Balaban J connectivity index is 1.22. The summed E-state index contributed by atoms with van der Waals surface area (Å²) in [7, 11) is 1.33. The van der Waals surface area contributed by atoms with Crippen molar-refractivity contribution in [3.63, 3.8) is 0 Å². The molecule has 4 aromatic heterocycles. The molecule has 4 aromatic rings. The van der Waals surface area contributed by atoms with Gasteiger partial charge in [0.15, 0.2) is 17.3 Å². The number of anilines is 4. The summed E-state index contributed by atoms with van der Waals surface area (Å²) in [5.41, 5.74) is 1.83. The van der Waals surface area contributed by atoms with Crippen LogP contribution in [0.1, 0.15) is 24.2 Å². The zero-order chi connectivity index (χ0) is 25.8. The van der Waals surface area contributed by atoms with E-state index in [4.69, 9.17) is 16.9 Å². The van der Waals surface area contributed by atoms with Crippen LogP contribution in [-0.2, 0) is 16.0 Å². The standard InChI is InChI=1S/C24H23ClN10O2/c1-37-22(36)11-19-31-21-10-17(6-9-35(21)33-19)30-24-28-14-18(25)23(32-24)29-16-4-7-34(8-5-16)20-3-2-15(12-26)13-27-20/h2-3,6,9-10,13-14,16H,4-5,7-8,11H2,1H3,(H2,28,29,30,32). The fourth-order valence-corrected chi connectivity index (χ4v) is 4.17. The van der Waals surface area contributed by atoms with Crippen LogP contribution in [0.2, 0.25) is 5.02 Å². The van der Waals surface area contributed by atoms with E-state index in [0.717, 1.165) is 31.7 Å². The van der Waals surface area contributed by atoms with E-state index >= 15 is 0 Å². The second kappa shape index (κ2) is 10.6. The van der Waals surface area contributed by atoms with Gasteiger partial charge in [-0.05, 0) is 31.0 Å². The molecule has 0 bridgehead atoms. The number of esters is 1. The summed E-state index contributed by atoms with van der Waals surface area (Å²) in [5.74, 6) is 1.77. The molecule has 0 saturated carbocycles. The highest BCUT2D eigenvalue weighted by Crippen LogP contribution is 2.26. The summed E-state index contributed by atoms with van der Waals surface area (Å²) in [6.45, 7) is 1.64. The van der Waals surface area contributed by atoms with E-state index < -0.39 is 5.97 Å². The number of nitriles is 1. The number of hydrogen-bond acceptors (Lipinski definition) is 11. The van der Waals surface area contributed by atoms with Gasteiger partial charge in [0.2, 0.25) is 5.95 Å². The summed E-state index contributed by atoms with van der Waals surface area (Å²) in [5, 5.41) is 20.3. The quantitative estimate of drug-likeness (QED) is 0.348. The number of fused-ring (bicyclic) bond motifs is 1. The second-order valence-corrected chi connectivity index (χ2v) is 8.84. The Morgan fingerprint density at radius 1 is 1.22 bits per heavy atom. The van der Waals surface area contributed by atoms with Crippen molar-refractivity contribution in [1.29, 1.82) is 5.26 Å². The summed E-state index contributed by atoms with van der Waals surface area (Å²) < 4.78 is 6.25. The third kappa shape index (κ3) is 5.68. The van der Waals surface area contributed by atoms with Crippen molar-refractivity contribution in [2.24, 2.45) is 0 Å². The maximum atomic E-state index is 11.5. The van der Waals surface area contributed by atoms with Crippen LogP contribution < -0.4 is 15.5 Å². The number of nitrogens with one attached hydrogen (secondary N) is 2. The average molecular weight is 519 g/mol. The third-order valence-corrected chi connectivity index (χ3v) is 6.23. The number of carbonyl (C=O) groups excluding carboxylic acids is 1. The van der Waals surface area contributed by atoms with E-state index in [9.17, 15) is 4.79 Å². The van der Waals surface area contributed by atoms with Gasteiger partial charge in [-0.1, -0.05) is 11.6 Å². The van der Waals surface area contributed by atoms with Crippen LogP contribution in [0, 0.1) is 11.3 Å². The molecule has 0 atom stereocenters. The number of pyridine rings is 2. The first-order chi connectivity index (χ1) is 18.0. The van der Waals surface area contributed by atoms with Crippen molar-refractivity contribution >= 4 is 46.5 Å². The van der Waals surface area contributed by atoms with Gasteiger partial charge in [0.25, 0.3) is 0 Å². The molecular formula is C24H23ClN10O2. The number of piperidine rings is 1. The molecule has 1 aliphatic heterocycles. The van der Waals surface area contributed by atoms with Crippen molar-refractivity contribution in [3.05, 3.63) is 59.3 Å². The molecule has 0 spiro atoms. The van der Waals surface area contributed by atoms with Gasteiger partial charge < -0.3 is 20.3 Å². The van der Waals surface area contributed by atoms with Crippen molar-refractivity contribution in [2.75, 3.05) is 35.7 Å². The number of nitrogens with zero attached hydrogens (tertiary/aromatic N) is 8. The van der Waals surface area contributed by atoms with Crippen molar-refractivity contribution in [2.45, 2.75) is 25.3 Å². The molecule has 0 aromatic carbocycles. The van der Waals surface area contributed by atoms with E-state index in [1.165, 1.54) is 7.11 Å². The van der Waals surface area contributed by atoms with Crippen LogP contribution in [0.25, 0.3) is 5.65 Å². The van der Waals surface area contributed by atoms with Gasteiger partial charge in [0, 0.05) is 43.3 Å². The average Bonchev–Trinajstić information content (AvgIpc) is 3.32.